The normalized spacial score (nSPS) is 20.6. The van der Waals surface area contributed by atoms with Gasteiger partial charge in [0.15, 0.2) is 0 Å². The molecule has 1 radical (unpaired) electrons. The van der Waals surface area contributed by atoms with E-state index in [9.17, 15) is 10.2 Å². The van der Waals surface area contributed by atoms with Crippen LogP contribution in [0.3, 0.4) is 0 Å². The van der Waals surface area contributed by atoms with Crippen molar-refractivity contribution in [2.75, 3.05) is 6.54 Å². The van der Waals surface area contributed by atoms with Gasteiger partial charge in [0.2, 0.25) is 0 Å². The second kappa shape index (κ2) is 6.31. The lowest BCUT2D eigenvalue weighted by Crippen LogP contribution is -2.52. The van der Waals surface area contributed by atoms with Gasteiger partial charge in [-0.05, 0) is 20.3 Å². The van der Waals surface area contributed by atoms with Crippen molar-refractivity contribution in [3.63, 3.8) is 0 Å². The van der Waals surface area contributed by atoms with Crippen LogP contribution in [0.1, 0.15) is 20.3 Å². The molecular formula is C9H20NO4. The molecule has 0 fully saturated rings. The van der Waals surface area contributed by atoms with E-state index in [-0.39, 0.29) is 0 Å². The zero-order chi connectivity index (χ0) is 11.3. The highest BCUT2D eigenvalue weighted by atomic mass is 16.4. The molecular weight excluding hydrogens is 186 g/mol. The van der Waals surface area contributed by atoms with Crippen LogP contribution >= 0.6 is 0 Å². The van der Waals surface area contributed by atoms with Crippen LogP contribution in [0.2, 0.25) is 0 Å². The van der Waals surface area contributed by atoms with Gasteiger partial charge in [-0.15, -0.1) is 0 Å². The van der Waals surface area contributed by atoms with E-state index in [0.29, 0.717) is 13.0 Å². The van der Waals surface area contributed by atoms with Gasteiger partial charge in [-0.25, -0.2) is 4.90 Å². The van der Waals surface area contributed by atoms with E-state index in [1.807, 2.05) is 0 Å². The summed E-state index contributed by atoms with van der Waals surface area (Å²) in [6.45, 7) is 6.71. The highest BCUT2D eigenvalue weighted by molar-refractivity contribution is 4.72. The minimum absolute atomic E-state index is 0.304. The maximum Gasteiger partial charge on any atom is 0.135 e. The second-order valence-electron chi connectivity index (χ2n) is 3.40. The molecule has 4 N–H and O–H groups in total. The van der Waals surface area contributed by atoms with Gasteiger partial charge >= 0.3 is 0 Å². The Morgan fingerprint density at radius 1 is 1.00 bits per heavy atom. The molecule has 4 unspecified atom stereocenters. The average molecular weight is 206 g/mol. The molecule has 0 rings (SSSR count). The summed E-state index contributed by atoms with van der Waals surface area (Å²) in [6.07, 6.45) is -3.90. The lowest BCUT2D eigenvalue weighted by atomic mass is 10.2. The highest BCUT2D eigenvalue weighted by Gasteiger charge is 2.28. The Labute approximate surface area is 84.6 Å². The Morgan fingerprint density at radius 3 is 1.57 bits per heavy atom. The van der Waals surface area contributed by atoms with Crippen LogP contribution in [0.15, 0.2) is 0 Å². The largest absolute Gasteiger partial charge is 0.389 e. The average Bonchev–Trinajstić information content (AvgIpc) is 2.11. The minimum Gasteiger partial charge on any atom is -0.389 e. The summed E-state index contributed by atoms with van der Waals surface area (Å²) in [6, 6.07) is 0. The number of rotatable bonds is 6. The topological polar surface area (TPSA) is 84.2 Å². The first kappa shape index (κ1) is 13.8. The minimum atomic E-state index is -1.19. The summed E-state index contributed by atoms with van der Waals surface area (Å²) in [5.41, 5.74) is 0. The van der Waals surface area contributed by atoms with Gasteiger partial charge in [0.25, 0.3) is 0 Å². The van der Waals surface area contributed by atoms with Crippen LogP contribution in [-0.2, 0) is 0 Å². The van der Waals surface area contributed by atoms with Gasteiger partial charge < -0.3 is 20.4 Å². The lowest BCUT2D eigenvalue weighted by molar-refractivity contribution is -0.170. The van der Waals surface area contributed by atoms with Crippen LogP contribution in [0.5, 0.6) is 0 Å². The molecule has 14 heavy (non-hydrogen) atoms. The zero-order valence-electron chi connectivity index (χ0n) is 8.67. The third kappa shape index (κ3) is 3.89. The van der Waals surface area contributed by atoms with E-state index in [0.717, 1.165) is 0 Å². The van der Waals surface area contributed by atoms with Crippen molar-refractivity contribution in [2.45, 2.75) is 44.9 Å². The van der Waals surface area contributed by atoms with Crippen molar-refractivity contribution in [3.8, 4) is 0 Å². The smallest absolute Gasteiger partial charge is 0.135 e. The molecule has 5 nitrogen and oxygen atoms in total. The predicted octanol–water partition coefficient (Wildman–Crippen LogP) is -1.09. The monoisotopic (exact) mass is 206 g/mol. The van der Waals surface area contributed by atoms with Gasteiger partial charge in [-0.1, -0.05) is 6.92 Å². The molecule has 4 atom stereocenters. The maximum atomic E-state index is 9.51. The Balaban J connectivity index is 4.41. The van der Waals surface area contributed by atoms with Crippen molar-refractivity contribution in [3.05, 3.63) is 6.92 Å². The molecule has 0 aromatic carbocycles. The SMILES string of the molecule is [CH2]CCN(C(O)C(C)O)C(O)C(C)O. The van der Waals surface area contributed by atoms with Gasteiger partial charge in [0, 0.05) is 6.54 Å². The van der Waals surface area contributed by atoms with E-state index in [1.54, 1.807) is 0 Å². The third-order valence-electron chi connectivity index (χ3n) is 1.96. The Hall–Kier alpha value is -0.200. The van der Waals surface area contributed by atoms with E-state index < -0.39 is 24.7 Å². The highest BCUT2D eigenvalue weighted by Crippen LogP contribution is 2.09. The first-order chi connectivity index (χ1) is 6.41. The number of aliphatic hydroxyl groups excluding tert-OH is 4. The first-order valence-electron chi connectivity index (χ1n) is 4.69. The quantitative estimate of drug-likeness (QED) is 0.415. The van der Waals surface area contributed by atoms with Crippen molar-refractivity contribution >= 4 is 0 Å². The lowest BCUT2D eigenvalue weighted by Gasteiger charge is -2.34. The number of nitrogens with zero attached hydrogens (tertiary/aromatic N) is 1. The van der Waals surface area contributed by atoms with Gasteiger partial charge in [0.1, 0.15) is 12.5 Å². The van der Waals surface area contributed by atoms with Crippen LogP contribution < -0.4 is 0 Å². The third-order valence-corrected chi connectivity index (χ3v) is 1.96. The molecule has 0 saturated carbocycles. The van der Waals surface area contributed by atoms with Crippen molar-refractivity contribution in [1.29, 1.82) is 0 Å². The molecule has 0 aliphatic carbocycles. The number of aliphatic hydroxyl groups is 4. The molecule has 0 spiro atoms. The molecule has 0 bridgehead atoms. The molecule has 85 valence electrons. The summed E-state index contributed by atoms with van der Waals surface area (Å²) in [5, 5.41) is 37.3. The Morgan fingerprint density at radius 2 is 1.36 bits per heavy atom. The second-order valence-corrected chi connectivity index (χ2v) is 3.40. The Kier molecular flexibility index (Phi) is 6.22. The fraction of sp³-hybridized carbons (Fsp3) is 0.889. The summed E-state index contributed by atoms with van der Waals surface area (Å²) in [5.74, 6) is 0. The molecule has 5 heteroatoms. The van der Waals surface area contributed by atoms with E-state index in [1.165, 1.54) is 18.7 Å². The zero-order valence-corrected chi connectivity index (χ0v) is 8.67. The van der Waals surface area contributed by atoms with E-state index in [4.69, 9.17) is 10.2 Å². The van der Waals surface area contributed by atoms with Gasteiger partial charge in [-0.2, -0.15) is 0 Å². The summed E-state index contributed by atoms with van der Waals surface area (Å²) in [7, 11) is 0. The van der Waals surface area contributed by atoms with E-state index >= 15 is 0 Å². The Bertz CT molecular complexity index is 138. The number of hydrogen-bond acceptors (Lipinski definition) is 5. The summed E-state index contributed by atoms with van der Waals surface area (Å²) in [4.78, 5) is 1.21. The first-order valence-corrected chi connectivity index (χ1v) is 4.69. The van der Waals surface area contributed by atoms with Crippen molar-refractivity contribution < 1.29 is 20.4 Å². The molecule has 0 heterocycles. The fourth-order valence-corrected chi connectivity index (χ4v) is 1.16. The standard InChI is InChI=1S/C9H20NO4/c1-4-5-10(8(13)6(2)11)9(14)7(3)12/h6-9,11-14H,1,4-5H2,2-3H3. The van der Waals surface area contributed by atoms with Crippen molar-refractivity contribution in [2.24, 2.45) is 0 Å². The number of hydrogen-bond donors (Lipinski definition) is 4. The van der Waals surface area contributed by atoms with Crippen LogP contribution in [0.4, 0.5) is 0 Å². The molecule has 0 amide bonds. The molecule has 0 aromatic heterocycles. The van der Waals surface area contributed by atoms with E-state index in [2.05, 4.69) is 6.92 Å². The predicted molar refractivity (Wildman–Crippen MR) is 52.1 cm³/mol. The van der Waals surface area contributed by atoms with Crippen LogP contribution in [0, 0.1) is 6.92 Å². The maximum absolute atomic E-state index is 9.51. The van der Waals surface area contributed by atoms with Crippen molar-refractivity contribution in [1.82, 2.24) is 4.90 Å². The molecule has 0 aliphatic rings. The van der Waals surface area contributed by atoms with Gasteiger partial charge in [-0.3, -0.25) is 0 Å². The van der Waals surface area contributed by atoms with Crippen LogP contribution in [0.25, 0.3) is 0 Å². The van der Waals surface area contributed by atoms with Crippen LogP contribution in [-0.4, -0.2) is 56.5 Å². The summed E-state index contributed by atoms with van der Waals surface area (Å²) < 4.78 is 0. The molecule has 0 aliphatic heterocycles. The fourth-order valence-electron chi connectivity index (χ4n) is 1.16. The molecule has 0 saturated heterocycles. The summed E-state index contributed by atoms with van der Waals surface area (Å²) >= 11 is 0. The van der Waals surface area contributed by atoms with Gasteiger partial charge in [0.05, 0.1) is 12.2 Å². The molecule has 0 aromatic rings.